The number of hydrogen-bond donors (Lipinski definition) is 2. The lowest BCUT2D eigenvalue weighted by Gasteiger charge is -2.18. The monoisotopic (exact) mass is 497 g/mol. The van der Waals surface area contributed by atoms with E-state index < -0.39 is 0 Å². The molecular formula is C19H33FIN3O3. The Labute approximate surface area is 179 Å². The first-order chi connectivity index (χ1) is 12.7. The molecule has 1 atom stereocenters. The van der Waals surface area contributed by atoms with Crippen molar-refractivity contribution < 1.29 is 18.6 Å². The minimum Gasteiger partial charge on any atom is -0.379 e. The first kappa shape index (κ1) is 26.0. The number of nitrogens with one attached hydrogen (secondary N) is 2. The summed E-state index contributed by atoms with van der Waals surface area (Å²) in [5.74, 6) is 0.404. The third-order valence-electron chi connectivity index (χ3n) is 3.76. The summed E-state index contributed by atoms with van der Waals surface area (Å²) in [6, 6.07) is 6.30. The van der Waals surface area contributed by atoms with Gasteiger partial charge >= 0.3 is 0 Å². The number of unbranched alkanes of at least 4 members (excludes halogenated alkanes) is 1. The molecule has 0 saturated heterocycles. The summed E-state index contributed by atoms with van der Waals surface area (Å²) in [4.78, 5) is 4.17. The van der Waals surface area contributed by atoms with E-state index in [2.05, 4.69) is 22.5 Å². The average Bonchev–Trinajstić information content (AvgIpc) is 2.66. The third-order valence-corrected chi connectivity index (χ3v) is 3.76. The van der Waals surface area contributed by atoms with Crippen LogP contribution < -0.4 is 10.6 Å². The van der Waals surface area contributed by atoms with Crippen molar-refractivity contribution in [2.24, 2.45) is 4.99 Å². The van der Waals surface area contributed by atoms with Gasteiger partial charge in [-0.05, 0) is 24.1 Å². The van der Waals surface area contributed by atoms with E-state index in [1.807, 2.05) is 0 Å². The Balaban J connectivity index is 0.00000676. The molecule has 1 rings (SSSR count). The minimum atomic E-state index is -0.259. The number of methoxy groups -OCH3 is 1. The Hall–Kier alpha value is -0.970. The van der Waals surface area contributed by atoms with Crippen LogP contribution in [0.2, 0.25) is 0 Å². The number of ether oxygens (including phenoxy) is 3. The summed E-state index contributed by atoms with van der Waals surface area (Å²) in [7, 11) is 3.33. The van der Waals surface area contributed by atoms with Crippen LogP contribution >= 0.6 is 24.0 Å². The van der Waals surface area contributed by atoms with E-state index in [-0.39, 0.29) is 35.9 Å². The highest BCUT2D eigenvalue weighted by atomic mass is 127. The first-order valence-corrected chi connectivity index (χ1v) is 9.09. The number of hydrogen-bond acceptors (Lipinski definition) is 4. The van der Waals surface area contributed by atoms with Crippen molar-refractivity contribution >= 4 is 29.9 Å². The van der Waals surface area contributed by atoms with E-state index in [4.69, 9.17) is 14.2 Å². The lowest BCUT2D eigenvalue weighted by Crippen LogP contribution is -2.41. The van der Waals surface area contributed by atoms with Crippen LogP contribution in [0.15, 0.2) is 29.3 Å². The number of rotatable bonds is 13. The predicted molar refractivity (Wildman–Crippen MR) is 117 cm³/mol. The van der Waals surface area contributed by atoms with Gasteiger partial charge in [0.05, 0.1) is 25.9 Å². The first-order valence-electron chi connectivity index (χ1n) is 9.09. The molecule has 0 aliphatic heterocycles. The van der Waals surface area contributed by atoms with E-state index in [0.717, 1.165) is 25.0 Å². The van der Waals surface area contributed by atoms with Crippen LogP contribution in [0.4, 0.5) is 4.39 Å². The summed E-state index contributed by atoms with van der Waals surface area (Å²) in [5, 5.41) is 6.38. The fraction of sp³-hybridized carbons (Fsp3) is 0.632. The third kappa shape index (κ3) is 12.2. The zero-order chi connectivity index (χ0) is 19.0. The Kier molecular flexibility index (Phi) is 16.5. The van der Waals surface area contributed by atoms with Gasteiger partial charge in [-0.25, -0.2) is 4.39 Å². The molecule has 8 heteroatoms. The lowest BCUT2D eigenvalue weighted by molar-refractivity contribution is 0.0487. The number of nitrogens with zero attached hydrogens (tertiary/aromatic N) is 1. The highest BCUT2D eigenvalue weighted by Crippen LogP contribution is 2.15. The summed E-state index contributed by atoms with van der Waals surface area (Å²) in [6.07, 6.45) is 2.04. The van der Waals surface area contributed by atoms with Crippen LogP contribution in [0.25, 0.3) is 0 Å². The van der Waals surface area contributed by atoms with Crippen LogP contribution in [-0.2, 0) is 14.2 Å². The minimum absolute atomic E-state index is 0. The van der Waals surface area contributed by atoms with Crippen LogP contribution in [0, 0.1) is 5.82 Å². The van der Waals surface area contributed by atoms with Gasteiger partial charge in [0.15, 0.2) is 5.96 Å². The molecule has 1 aromatic rings. The maximum absolute atomic E-state index is 13.0. The largest absolute Gasteiger partial charge is 0.379 e. The predicted octanol–water partition coefficient (Wildman–Crippen LogP) is 3.13. The fourth-order valence-electron chi connectivity index (χ4n) is 2.23. The Morgan fingerprint density at radius 2 is 1.74 bits per heavy atom. The van der Waals surface area contributed by atoms with Crippen molar-refractivity contribution in [2.45, 2.75) is 25.9 Å². The summed E-state index contributed by atoms with van der Waals surface area (Å²) in [5.41, 5.74) is 0.906. The molecule has 0 amide bonds. The Bertz CT molecular complexity index is 503. The fourth-order valence-corrected chi connectivity index (χ4v) is 2.23. The summed E-state index contributed by atoms with van der Waals surface area (Å²) < 4.78 is 29.4. The average molecular weight is 497 g/mol. The molecule has 0 radical (unpaired) electrons. The second kappa shape index (κ2) is 17.2. The molecule has 0 heterocycles. The van der Waals surface area contributed by atoms with Gasteiger partial charge in [0.2, 0.25) is 0 Å². The summed E-state index contributed by atoms with van der Waals surface area (Å²) in [6.45, 7) is 5.89. The smallest absolute Gasteiger partial charge is 0.191 e. The number of benzene rings is 1. The van der Waals surface area contributed by atoms with E-state index in [9.17, 15) is 4.39 Å². The second-order valence-corrected chi connectivity index (χ2v) is 5.73. The zero-order valence-electron chi connectivity index (χ0n) is 16.5. The van der Waals surface area contributed by atoms with Gasteiger partial charge in [-0.1, -0.05) is 25.5 Å². The lowest BCUT2D eigenvalue weighted by atomic mass is 10.1. The highest BCUT2D eigenvalue weighted by Gasteiger charge is 2.11. The van der Waals surface area contributed by atoms with Crippen LogP contribution in [0.5, 0.6) is 0 Å². The van der Waals surface area contributed by atoms with E-state index >= 15 is 0 Å². The molecular weight excluding hydrogens is 464 g/mol. The molecule has 0 saturated carbocycles. The van der Waals surface area contributed by atoms with Gasteiger partial charge in [0.1, 0.15) is 5.82 Å². The second-order valence-electron chi connectivity index (χ2n) is 5.73. The molecule has 0 spiro atoms. The molecule has 0 aliphatic rings. The van der Waals surface area contributed by atoms with Crippen molar-refractivity contribution in [3.63, 3.8) is 0 Å². The molecule has 1 aromatic carbocycles. The number of aliphatic imine (C=N–C) groups is 1. The number of halogens is 2. The van der Waals surface area contributed by atoms with Gasteiger partial charge < -0.3 is 24.8 Å². The topological polar surface area (TPSA) is 64.1 Å². The van der Waals surface area contributed by atoms with Crippen molar-refractivity contribution in [1.29, 1.82) is 0 Å². The SMILES string of the molecule is CCCCOCCOCCNC(=NC)NCC(OC)c1ccc(F)cc1.I. The molecule has 0 aromatic heterocycles. The molecule has 0 aliphatic carbocycles. The Morgan fingerprint density at radius 3 is 2.33 bits per heavy atom. The maximum Gasteiger partial charge on any atom is 0.191 e. The van der Waals surface area contributed by atoms with Crippen molar-refractivity contribution in [2.75, 3.05) is 53.7 Å². The molecule has 156 valence electrons. The standard InChI is InChI=1S/C19H32FN3O3.HI/c1-4-5-11-25-13-14-26-12-10-22-19(21-2)23-15-18(24-3)16-6-8-17(20)9-7-16;/h6-9,18H,4-5,10-15H2,1-3H3,(H2,21,22,23);1H. The van der Waals surface area contributed by atoms with Gasteiger partial charge in [-0.3, -0.25) is 4.99 Å². The summed E-state index contributed by atoms with van der Waals surface area (Å²) >= 11 is 0. The van der Waals surface area contributed by atoms with Crippen molar-refractivity contribution in [3.05, 3.63) is 35.6 Å². The van der Waals surface area contributed by atoms with Crippen molar-refractivity contribution in [3.8, 4) is 0 Å². The molecule has 6 nitrogen and oxygen atoms in total. The molecule has 0 bridgehead atoms. The highest BCUT2D eigenvalue weighted by molar-refractivity contribution is 14.0. The van der Waals surface area contributed by atoms with Gasteiger partial charge in [0.25, 0.3) is 0 Å². The molecule has 27 heavy (non-hydrogen) atoms. The zero-order valence-corrected chi connectivity index (χ0v) is 18.8. The van der Waals surface area contributed by atoms with Gasteiger partial charge in [0, 0.05) is 33.9 Å². The van der Waals surface area contributed by atoms with E-state index in [1.165, 1.54) is 12.1 Å². The molecule has 1 unspecified atom stereocenters. The van der Waals surface area contributed by atoms with Gasteiger partial charge in [-0.15, -0.1) is 24.0 Å². The van der Waals surface area contributed by atoms with Crippen LogP contribution in [-0.4, -0.2) is 59.6 Å². The maximum atomic E-state index is 13.0. The van der Waals surface area contributed by atoms with Gasteiger partial charge in [-0.2, -0.15) is 0 Å². The molecule has 0 fully saturated rings. The van der Waals surface area contributed by atoms with Crippen LogP contribution in [0.3, 0.4) is 0 Å². The van der Waals surface area contributed by atoms with E-state index in [0.29, 0.717) is 38.9 Å². The van der Waals surface area contributed by atoms with E-state index in [1.54, 1.807) is 26.3 Å². The Morgan fingerprint density at radius 1 is 1.07 bits per heavy atom. The van der Waals surface area contributed by atoms with Crippen molar-refractivity contribution in [1.82, 2.24) is 10.6 Å². The number of guanidine groups is 1. The normalized spacial score (nSPS) is 12.4. The molecule has 2 N–H and O–H groups in total. The quantitative estimate of drug-likeness (QED) is 0.190. The van der Waals surface area contributed by atoms with Crippen LogP contribution in [0.1, 0.15) is 31.4 Å².